The molecule has 0 unspecified atom stereocenters. The number of aromatic hydroxyl groups is 1. The Labute approximate surface area is 182 Å². The number of furan rings is 1. The lowest BCUT2D eigenvalue weighted by atomic mass is 9.82. The Hall–Kier alpha value is -2.91. The molecule has 160 valence electrons. The summed E-state index contributed by atoms with van der Waals surface area (Å²) in [6.07, 6.45) is 1.07. The minimum Gasteiger partial charge on any atom is -0.492 e. The van der Waals surface area contributed by atoms with E-state index in [4.69, 9.17) is 4.42 Å². The van der Waals surface area contributed by atoms with Crippen LogP contribution in [0.15, 0.2) is 39.5 Å². The molecule has 2 aliphatic heterocycles. The van der Waals surface area contributed by atoms with Crippen LogP contribution in [0.25, 0.3) is 4.96 Å². The zero-order chi connectivity index (χ0) is 21.3. The van der Waals surface area contributed by atoms with Gasteiger partial charge in [-0.05, 0) is 44.4 Å². The molecule has 1 fully saturated rings. The number of likely N-dealkylation sites (tertiary alicyclic amines) is 1. The molecule has 6 rings (SSSR count). The van der Waals surface area contributed by atoms with Crippen LogP contribution in [0.2, 0.25) is 0 Å². The molecule has 0 radical (unpaired) electrons. The Kier molecular flexibility index (Phi) is 4.13. The highest BCUT2D eigenvalue weighted by atomic mass is 32.1. The lowest BCUT2D eigenvalue weighted by molar-refractivity contribution is 0.0868. The van der Waals surface area contributed by atoms with Gasteiger partial charge in [-0.1, -0.05) is 17.4 Å². The van der Waals surface area contributed by atoms with Gasteiger partial charge < -0.3 is 14.1 Å². The number of hydrogen-bond acceptors (Lipinski definition) is 7. The molecule has 0 saturated carbocycles. The molecule has 0 aliphatic carbocycles. The molecule has 3 atom stereocenters. The van der Waals surface area contributed by atoms with Crippen LogP contribution in [0.1, 0.15) is 46.3 Å². The molecule has 6 heterocycles. The minimum atomic E-state index is -0.227. The molecular formula is C22H23N5O3S. The van der Waals surface area contributed by atoms with Gasteiger partial charge in [0.2, 0.25) is 10.8 Å². The summed E-state index contributed by atoms with van der Waals surface area (Å²) < 4.78 is 9.51. The van der Waals surface area contributed by atoms with Crippen molar-refractivity contribution in [3.05, 3.63) is 68.6 Å². The lowest BCUT2D eigenvalue weighted by Crippen LogP contribution is -2.48. The van der Waals surface area contributed by atoms with Crippen LogP contribution in [0.4, 0.5) is 0 Å². The van der Waals surface area contributed by atoms with Crippen LogP contribution in [0.3, 0.4) is 0 Å². The number of fused-ring (bicyclic) bond motifs is 5. The molecule has 1 saturated heterocycles. The van der Waals surface area contributed by atoms with Crippen LogP contribution in [0, 0.1) is 19.8 Å². The van der Waals surface area contributed by atoms with E-state index < -0.39 is 0 Å². The second-order valence-electron chi connectivity index (χ2n) is 8.65. The molecule has 0 spiro atoms. The third-order valence-corrected chi connectivity index (χ3v) is 7.53. The summed E-state index contributed by atoms with van der Waals surface area (Å²) in [6.45, 7) is 6.09. The van der Waals surface area contributed by atoms with Crippen molar-refractivity contribution in [2.24, 2.45) is 5.92 Å². The fourth-order valence-electron chi connectivity index (χ4n) is 5.25. The van der Waals surface area contributed by atoms with Gasteiger partial charge in [0, 0.05) is 37.3 Å². The van der Waals surface area contributed by atoms with E-state index in [1.54, 1.807) is 6.07 Å². The van der Waals surface area contributed by atoms with E-state index in [0.717, 1.165) is 48.1 Å². The Morgan fingerprint density at radius 1 is 1.19 bits per heavy atom. The number of piperidine rings is 1. The average Bonchev–Trinajstić information content (AvgIpc) is 3.40. The largest absolute Gasteiger partial charge is 0.492 e. The van der Waals surface area contributed by atoms with Crippen molar-refractivity contribution in [1.29, 1.82) is 0 Å². The first-order valence-corrected chi connectivity index (χ1v) is 11.3. The Morgan fingerprint density at radius 3 is 2.84 bits per heavy atom. The molecule has 0 amide bonds. The van der Waals surface area contributed by atoms with E-state index in [2.05, 4.69) is 21.0 Å². The van der Waals surface area contributed by atoms with Gasteiger partial charge in [0.05, 0.1) is 4.88 Å². The van der Waals surface area contributed by atoms with Crippen LogP contribution in [0.5, 0.6) is 5.88 Å². The molecule has 9 heteroatoms. The third-order valence-electron chi connectivity index (χ3n) is 6.46. The summed E-state index contributed by atoms with van der Waals surface area (Å²) in [7, 11) is 0. The monoisotopic (exact) mass is 437 g/mol. The van der Waals surface area contributed by atoms with E-state index in [0.29, 0.717) is 16.7 Å². The van der Waals surface area contributed by atoms with Crippen LogP contribution >= 0.6 is 11.3 Å². The van der Waals surface area contributed by atoms with Crippen LogP contribution < -0.4 is 5.56 Å². The normalized spacial score (nSPS) is 22.0. The molecule has 2 bridgehead atoms. The number of nitrogens with zero attached hydrogens (tertiary/aromatic N) is 5. The maximum Gasteiger partial charge on any atom is 0.250 e. The van der Waals surface area contributed by atoms with E-state index in [1.807, 2.05) is 36.6 Å². The number of thiazole rings is 1. The van der Waals surface area contributed by atoms with Gasteiger partial charge in [0.25, 0.3) is 5.56 Å². The molecular weight excluding hydrogens is 414 g/mol. The van der Waals surface area contributed by atoms with Crippen molar-refractivity contribution in [3.8, 4) is 5.88 Å². The number of rotatable bonds is 3. The van der Waals surface area contributed by atoms with Crippen molar-refractivity contribution in [2.45, 2.75) is 38.8 Å². The Bertz CT molecular complexity index is 1350. The van der Waals surface area contributed by atoms with Crippen molar-refractivity contribution in [2.75, 3.05) is 13.1 Å². The number of pyridine rings is 1. The predicted octanol–water partition coefficient (Wildman–Crippen LogP) is 3.08. The van der Waals surface area contributed by atoms with Crippen molar-refractivity contribution in [1.82, 2.24) is 24.1 Å². The zero-order valence-electron chi connectivity index (χ0n) is 17.4. The minimum absolute atomic E-state index is 0.0810. The highest BCUT2D eigenvalue weighted by molar-refractivity contribution is 7.17. The summed E-state index contributed by atoms with van der Waals surface area (Å²) >= 11 is 1.45. The fraction of sp³-hybridized carbons (Fsp3) is 0.409. The topological polar surface area (TPSA) is 88.8 Å². The molecule has 0 aromatic carbocycles. The molecule has 8 nitrogen and oxygen atoms in total. The lowest BCUT2D eigenvalue weighted by Gasteiger charge is -2.45. The highest BCUT2D eigenvalue weighted by Crippen LogP contribution is 2.45. The smallest absolute Gasteiger partial charge is 0.250 e. The standard InChI is InChI=1S/C22H23N5O3S/c1-12-6-7-17(30-12)19(20-21(29)27-22(31-20)23-13(2)24-27)25-9-14-8-15(11-25)16-4-3-5-18(28)26(16)10-14/h3-7,14-15,19,29H,8-11H2,1-2H3/t14-,15+,19+/m1/s1. The third kappa shape index (κ3) is 2.95. The van der Waals surface area contributed by atoms with Gasteiger partial charge in [-0.25, -0.2) is 4.98 Å². The van der Waals surface area contributed by atoms with E-state index in [-0.39, 0.29) is 23.4 Å². The first-order valence-electron chi connectivity index (χ1n) is 10.5. The summed E-state index contributed by atoms with van der Waals surface area (Å²) in [5, 5.41) is 15.4. The van der Waals surface area contributed by atoms with Gasteiger partial charge >= 0.3 is 0 Å². The molecule has 2 aliphatic rings. The fourth-order valence-corrected chi connectivity index (χ4v) is 6.39. The van der Waals surface area contributed by atoms with Gasteiger partial charge in [0.15, 0.2) is 0 Å². The van der Waals surface area contributed by atoms with E-state index in [9.17, 15) is 9.90 Å². The SMILES string of the molecule is Cc1nc2sc([C@H](c3ccc(C)o3)N3C[C@H]4C[C@@H](C3)c3cccc(=O)n3C4)c(O)n2n1. The number of aryl methyl sites for hydroxylation is 2. The summed E-state index contributed by atoms with van der Waals surface area (Å²) in [4.78, 5) is 20.7. The average molecular weight is 438 g/mol. The zero-order valence-corrected chi connectivity index (χ0v) is 18.2. The summed E-state index contributed by atoms with van der Waals surface area (Å²) in [6, 6.07) is 9.29. The predicted molar refractivity (Wildman–Crippen MR) is 116 cm³/mol. The van der Waals surface area contributed by atoms with Crippen molar-refractivity contribution in [3.63, 3.8) is 0 Å². The molecule has 4 aromatic heterocycles. The first kappa shape index (κ1) is 18.8. The maximum absolute atomic E-state index is 12.4. The summed E-state index contributed by atoms with van der Waals surface area (Å²) in [5.41, 5.74) is 1.18. The van der Waals surface area contributed by atoms with Gasteiger partial charge in [0.1, 0.15) is 23.4 Å². The second kappa shape index (κ2) is 6.80. The summed E-state index contributed by atoms with van der Waals surface area (Å²) in [5.74, 6) is 3.03. The number of aromatic nitrogens is 4. The first-order chi connectivity index (χ1) is 15.0. The van der Waals surface area contributed by atoms with Crippen LogP contribution in [-0.4, -0.2) is 42.3 Å². The van der Waals surface area contributed by atoms with E-state index >= 15 is 0 Å². The van der Waals surface area contributed by atoms with Crippen molar-refractivity contribution < 1.29 is 9.52 Å². The Balaban J connectivity index is 1.44. The van der Waals surface area contributed by atoms with E-state index in [1.165, 1.54) is 15.9 Å². The van der Waals surface area contributed by atoms with Gasteiger partial charge in [-0.3, -0.25) is 9.69 Å². The van der Waals surface area contributed by atoms with Crippen LogP contribution in [-0.2, 0) is 6.54 Å². The maximum atomic E-state index is 12.4. The molecule has 4 aromatic rings. The quantitative estimate of drug-likeness (QED) is 0.530. The van der Waals surface area contributed by atoms with Crippen molar-refractivity contribution >= 4 is 16.3 Å². The molecule has 1 N–H and O–H groups in total. The second-order valence-corrected chi connectivity index (χ2v) is 9.66. The van der Waals surface area contributed by atoms with Gasteiger partial charge in [-0.15, -0.1) is 5.10 Å². The van der Waals surface area contributed by atoms with Gasteiger partial charge in [-0.2, -0.15) is 4.52 Å². The number of hydrogen-bond donors (Lipinski definition) is 1. The Morgan fingerprint density at radius 2 is 2.06 bits per heavy atom. The highest BCUT2D eigenvalue weighted by Gasteiger charge is 2.40. The molecule has 31 heavy (non-hydrogen) atoms.